The van der Waals surface area contributed by atoms with Crippen LogP contribution in [0.15, 0.2) is 47.1 Å². The molecule has 6 nitrogen and oxygen atoms in total. The quantitative estimate of drug-likeness (QED) is 0.758. The number of aryl methyl sites for hydroxylation is 1. The topological polar surface area (TPSA) is 68.8 Å². The zero-order chi connectivity index (χ0) is 16.2. The highest BCUT2D eigenvalue weighted by atomic mass is 16.4. The first kappa shape index (κ1) is 15.4. The molecule has 0 saturated heterocycles. The highest BCUT2D eigenvalue weighted by molar-refractivity contribution is 5.16. The first-order chi connectivity index (χ1) is 11.1. The largest absolute Gasteiger partial charge is 0.424 e. The van der Waals surface area contributed by atoms with E-state index in [9.17, 15) is 0 Å². The van der Waals surface area contributed by atoms with Gasteiger partial charge < -0.3 is 4.42 Å². The smallest absolute Gasteiger partial charge is 0.233 e. The van der Waals surface area contributed by atoms with E-state index in [1.165, 1.54) is 5.56 Å². The summed E-state index contributed by atoms with van der Waals surface area (Å²) in [6, 6.07) is 10.4. The van der Waals surface area contributed by atoms with Crippen molar-refractivity contribution in [2.45, 2.75) is 39.4 Å². The lowest BCUT2D eigenvalue weighted by Crippen LogP contribution is -2.22. The van der Waals surface area contributed by atoms with Crippen molar-refractivity contribution in [3.63, 3.8) is 0 Å². The molecular weight excluding hydrogens is 290 g/mol. The Morgan fingerprint density at radius 1 is 1.13 bits per heavy atom. The molecule has 0 spiro atoms. The maximum Gasteiger partial charge on any atom is 0.233 e. The molecule has 0 aliphatic rings. The van der Waals surface area contributed by atoms with E-state index >= 15 is 0 Å². The van der Waals surface area contributed by atoms with Crippen LogP contribution in [0.2, 0.25) is 0 Å². The molecule has 0 fully saturated rings. The zero-order valence-electron chi connectivity index (χ0n) is 13.6. The van der Waals surface area contributed by atoms with Gasteiger partial charge in [-0.2, -0.15) is 5.10 Å². The van der Waals surface area contributed by atoms with Crippen LogP contribution in [0.5, 0.6) is 0 Å². The van der Waals surface area contributed by atoms with Crippen molar-refractivity contribution in [3.8, 4) is 0 Å². The summed E-state index contributed by atoms with van der Waals surface area (Å²) in [5.41, 5.74) is 2.36. The Hall–Kier alpha value is -2.47. The molecule has 2 heterocycles. The fourth-order valence-corrected chi connectivity index (χ4v) is 2.49. The van der Waals surface area contributed by atoms with E-state index in [1.807, 2.05) is 36.0 Å². The number of benzene rings is 1. The molecule has 1 N–H and O–H groups in total. The van der Waals surface area contributed by atoms with E-state index in [4.69, 9.17) is 4.42 Å². The lowest BCUT2D eigenvalue weighted by Gasteiger charge is -2.16. The molecule has 0 unspecified atom stereocenters. The molecule has 23 heavy (non-hydrogen) atoms. The predicted octanol–water partition coefficient (Wildman–Crippen LogP) is 3.03. The van der Waals surface area contributed by atoms with Crippen molar-refractivity contribution < 1.29 is 4.42 Å². The van der Waals surface area contributed by atoms with Gasteiger partial charge in [0.25, 0.3) is 0 Å². The zero-order valence-corrected chi connectivity index (χ0v) is 13.6. The number of nitrogens with one attached hydrogen (secondary N) is 1. The second-order valence-corrected chi connectivity index (χ2v) is 5.73. The third-order valence-corrected chi connectivity index (χ3v) is 3.75. The first-order valence-corrected chi connectivity index (χ1v) is 7.74. The summed E-state index contributed by atoms with van der Waals surface area (Å²) in [5, 5.41) is 15.8. The summed E-state index contributed by atoms with van der Waals surface area (Å²) in [6.07, 6.45) is 3.96. The van der Waals surface area contributed by atoms with Crippen molar-refractivity contribution in [1.29, 1.82) is 0 Å². The molecule has 0 aliphatic carbocycles. The second kappa shape index (κ2) is 6.75. The van der Waals surface area contributed by atoms with Crippen LogP contribution in [0, 0.1) is 6.92 Å². The molecule has 2 atom stereocenters. The third-order valence-electron chi connectivity index (χ3n) is 3.75. The summed E-state index contributed by atoms with van der Waals surface area (Å²) in [5.74, 6) is 1.18. The minimum Gasteiger partial charge on any atom is -0.424 e. The standard InChI is InChI=1S/C17H21N5O/c1-12(19-13(2)17-21-20-14(3)23-17)16-9-18-22(11-16)10-15-7-5-4-6-8-15/h4-9,11-13,19H,10H2,1-3H3/t12-,13+/m0/s1. The summed E-state index contributed by atoms with van der Waals surface area (Å²) in [4.78, 5) is 0. The minimum absolute atomic E-state index is 0.0105. The van der Waals surface area contributed by atoms with Gasteiger partial charge in [0.2, 0.25) is 11.8 Å². The molecule has 0 bridgehead atoms. The van der Waals surface area contributed by atoms with Crippen LogP contribution in [-0.2, 0) is 6.54 Å². The van der Waals surface area contributed by atoms with Crippen LogP contribution in [0.25, 0.3) is 0 Å². The van der Waals surface area contributed by atoms with Crippen molar-refractivity contribution in [1.82, 2.24) is 25.3 Å². The van der Waals surface area contributed by atoms with E-state index in [0.29, 0.717) is 11.8 Å². The third kappa shape index (κ3) is 3.84. The molecule has 0 amide bonds. The Bertz CT molecular complexity index is 749. The molecule has 120 valence electrons. The van der Waals surface area contributed by atoms with Crippen molar-refractivity contribution in [2.24, 2.45) is 0 Å². The molecule has 2 aromatic heterocycles. The van der Waals surface area contributed by atoms with Gasteiger partial charge in [0.1, 0.15) is 0 Å². The van der Waals surface area contributed by atoms with Gasteiger partial charge in [0.15, 0.2) is 0 Å². The highest BCUT2D eigenvalue weighted by Crippen LogP contribution is 2.18. The fourth-order valence-electron chi connectivity index (χ4n) is 2.49. The maximum atomic E-state index is 5.46. The summed E-state index contributed by atoms with van der Waals surface area (Å²) in [6.45, 7) is 6.67. The van der Waals surface area contributed by atoms with Gasteiger partial charge in [-0.15, -0.1) is 10.2 Å². The number of nitrogens with zero attached hydrogens (tertiary/aromatic N) is 4. The van der Waals surface area contributed by atoms with E-state index in [2.05, 4.69) is 45.9 Å². The van der Waals surface area contributed by atoms with Crippen molar-refractivity contribution in [2.75, 3.05) is 0 Å². The lowest BCUT2D eigenvalue weighted by molar-refractivity contribution is 0.380. The van der Waals surface area contributed by atoms with E-state index < -0.39 is 0 Å². The Morgan fingerprint density at radius 3 is 2.61 bits per heavy atom. The van der Waals surface area contributed by atoms with Gasteiger partial charge in [0.05, 0.1) is 18.8 Å². The maximum absolute atomic E-state index is 5.46. The van der Waals surface area contributed by atoms with Crippen LogP contribution in [-0.4, -0.2) is 20.0 Å². The first-order valence-electron chi connectivity index (χ1n) is 7.74. The number of aromatic nitrogens is 4. The Balaban J connectivity index is 1.63. The van der Waals surface area contributed by atoms with Gasteiger partial charge >= 0.3 is 0 Å². The molecule has 6 heteroatoms. The molecule has 0 radical (unpaired) electrons. The lowest BCUT2D eigenvalue weighted by atomic mass is 10.1. The summed E-state index contributed by atoms with van der Waals surface area (Å²) >= 11 is 0. The fraction of sp³-hybridized carbons (Fsp3) is 0.353. The van der Waals surface area contributed by atoms with Crippen LogP contribution in [0.3, 0.4) is 0 Å². The Morgan fingerprint density at radius 2 is 1.91 bits per heavy atom. The predicted molar refractivity (Wildman–Crippen MR) is 86.8 cm³/mol. The average molecular weight is 311 g/mol. The molecular formula is C17H21N5O. The van der Waals surface area contributed by atoms with Gasteiger partial charge in [-0.05, 0) is 19.4 Å². The molecule has 3 aromatic rings. The average Bonchev–Trinajstić information content (AvgIpc) is 3.17. The van der Waals surface area contributed by atoms with Crippen molar-refractivity contribution >= 4 is 0 Å². The van der Waals surface area contributed by atoms with Crippen LogP contribution in [0.4, 0.5) is 0 Å². The normalized spacial score (nSPS) is 13.9. The number of rotatable bonds is 6. The second-order valence-electron chi connectivity index (χ2n) is 5.73. The van der Waals surface area contributed by atoms with E-state index in [-0.39, 0.29) is 12.1 Å². The number of hydrogen-bond donors (Lipinski definition) is 1. The van der Waals surface area contributed by atoms with E-state index in [1.54, 1.807) is 6.92 Å². The highest BCUT2D eigenvalue weighted by Gasteiger charge is 2.17. The Labute approximate surface area is 135 Å². The van der Waals surface area contributed by atoms with Gasteiger partial charge in [0, 0.05) is 24.7 Å². The van der Waals surface area contributed by atoms with Gasteiger partial charge in [-0.1, -0.05) is 30.3 Å². The van der Waals surface area contributed by atoms with Gasteiger partial charge in [-0.25, -0.2) is 0 Å². The monoisotopic (exact) mass is 311 g/mol. The minimum atomic E-state index is -0.0105. The van der Waals surface area contributed by atoms with E-state index in [0.717, 1.165) is 12.1 Å². The molecule has 3 rings (SSSR count). The van der Waals surface area contributed by atoms with Crippen LogP contribution >= 0.6 is 0 Å². The number of hydrogen-bond acceptors (Lipinski definition) is 5. The SMILES string of the molecule is Cc1nnc([C@@H](C)N[C@@H](C)c2cnn(Cc3ccccc3)c2)o1. The molecule has 1 aromatic carbocycles. The molecule has 0 aliphatic heterocycles. The van der Waals surface area contributed by atoms with Crippen molar-refractivity contribution in [3.05, 3.63) is 65.6 Å². The van der Waals surface area contributed by atoms with Crippen LogP contribution < -0.4 is 5.32 Å². The van der Waals surface area contributed by atoms with Gasteiger partial charge in [-0.3, -0.25) is 10.00 Å². The molecule has 0 saturated carbocycles. The summed E-state index contributed by atoms with van der Waals surface area (Å²) < 4.78 is 7.41. The van der Waals surface area contributed by atoms with Crippen LogP contribution in [0.1, 0.15) is 48.8 Å². The Kier molecular flexibility index (Phi) is 4.52. The summed E-state index contributed by atoms with van der Waals surface area (Å²) in [7, 11) is 0.